The van der Waals surface area contributed by atoms with Crippen LogP contribution in [0.5, 0.6) is 0 Å². The lowest BCUT2D eigenvalue weighted by molar-refractivity contribution is -0.146. The maximum absolute atomic E-state index is 11.8. The number of halogens is 1. The molecule has 1 aromatic rings. The Hall–Kier alpha value is -1.55. The van der Waals surface area contributed by atoms with Crippen LogP contribution in [0.4, 0.5) is 0 Å². The van der Waals surface area contributed by atoms with Crippen molar-refractivity contribution in [3.63, 3.8) is 0 Å². The maximum Gasteiger partial charge on any atom is 0.243 e. The highest BCUT2D eigenvalue weighted by atomic mass is 35.5. The van der Waals surface area contributed by atoms with Crippen molar-refractivity contribution in [2.24, 2.45) is 5.10 Å². The normalized spacial score (nSPS) is 20.1. The monoisotopic (exact) mass is 292 g/mol. The molecule has 4 nitrogen and oxygen atoms in total. The molecule has 3 rings (SSSR count). The van der Waals surface area contributed by atoms with Crippen molar-refractivity contribution in [1.29, 1.82) is 0 Å². The zero-order valence-corrected chi connectivity index (χ0v) is 12.4. The zero-order valence-electron chi connectivity index (χ0n) is 11.6. The van der Waals surface area contributed by atoms with Crippen LogP contribution in [-0.4, -0.2) is 22.5 Å². The van der Waals surface area contributed by atoms with Gasteiger partial charge in [0.25, 0.3) is 0 Å². The first kappa shape index (κ1) is 13.4. The molecule has 1 aromatic carbocycles. The van der Waals surface area contributed by atoms with E-state index in [2.05, 4.69) is 5.10 Å². The molecule has 0 N–H and O–H groups in total. The Balaban J connectivity index is 1.96. The third kappa shape index (κ3) is 2.08. The molecule has 1 aliphatic heterocycles. The second-order valence-electron chi connectivity index (χ2n) is 5.46. The van der Waals surface area contributed by atoms with Gasteiger partial charge in [0, 0.05) is 30.4 Å². The molecule has 0 atom stereocenters. The molecule has 0 saturated heterocycles. The second kappa shape index (κ2) is 4.77. The highest BCUT2D eigenvalue weighted by Crippen LogP contribution is 2.41. The molecule has 106 valence electrons. The van der Waals surface area contributed by atoms with Crippen molar-refractivity contribution in [1.82, 2.24) is 5.01 Å². The molecule has 1 spiro atoms. The standard InChI is InChI=1S/C15H17ClN2O2/c1-10-5-6-12(9-13(10)16)14-17-18(11(2)19)15(20-14)7-3-4-8-15/h5-6,9H,3-4,7-8H2,1-2H3. The lowest BCUT2D eigenvalue weighted by Crippen LogP contribution is -2.44. The van der Waals surface area contributed by atoms with E-state index in [4.69, 9.17) is 16.3 Å². The number of amides is 1. The molecule has 1 aliphatic carbocycles. The first-order valence-corrected chi connectivity index (χ1v) is 7.25. The molecule has 0 bridgehead atoms. The highest BCUT2D eigenvalue weighted by Gasteiger charge is 2.49. The largest absolute Gasteiger partial charge is 0.447 e. The van der Waals surface area contributed by atoms with Gasteiger partial charge in [0.15, 0.2) is 0 Å². The second-order valence-corrected chi connectivity index (χ2v) is 5.86. The van der Waals surface area contributed by atoms with Crippen molar-refractivity contribution in [2.75, 3.05) is 0 Å². The molecule has 1 fully saturated rings. The summed E-state index contributed by atoms with van der Waals surface area (Å²) in [5.74, 6) is 0.407. The molecule has 0 unspecified atom stereocenters. The number of aryl methyl sites for hydroxylation is 1. The Morgan fingerprint density at radius 1 is 1.40 bits per heavy atom. The van der Waals surface area contributed by atoms with Crippen molar-refractivity contribution in [3.05, 3.63) is 34.3 Å². The molecular formula is C15H17ClN2O2. The molecule has 1 heterocycles. The molecule has 5 heteroatoms. The Kier molecular flexibility index (Phi) is 3.21. The van der Waals surface area contributed by atoms with Gasteiger partial charge < -0.3 is 4.74 Å². The summed E-state index contributed by atoms with van der Waals surface area (Å²) in [4.78, 5) is 11.8. The van der Waals surface area contributed by atoms with Gasteiger partial charge in [-0.2, -0.15) is 5.01 Å². The SMILES string of the molecule is CC(=O)N1N=C(c2ccc(C)c(Cl)c2)OC12CCCC2. The quantitative estimate of drug-likeness (QED) is 0.795. The van der Waals surface area contributed by atoms with Crippen LogP contribution in [0.1, 0.15) is 43.7 Å². The summed E-state index contributed by atoms with van der Waals surface area (Å²) in [6.07, 6.45) is 3.78. The number of benzene rings is 1. The van der Waals surface area contributed by atoms with Gasteiger partial charge in [0.05, 0.1) is 0 Å². The van der Waals surface area contributed by atoms with Crippen LogP contribution in [0, 0.1) is 6.92 Å². The Labute approximate surface area is 123 Å². The third-order valence-electron chi connectivity index (χ3n) is 3.97. The topological polar surface area (TPSA) is 41.9 Å². The number of rotatable bonds is 1. The van der Waals surface area contributed by atoms with Gasteiger partial charge in [-0.1, -0.05) is 17.7 Å². The van der Waals surface area contributed by atoms with Crippen LogP contribution in [-0.2, 0) is 9.53 Å². The highest BCUT2D eigenvalue weighted by molar-refractivity contribution is 6.31. The molecule has 1 saturated carbocycles. The van der Waals surface area contributed by atoms with Crippen LogP contribution in [0.25, 0.3) is 0 Å². The fraction of sp³-hybridized carbons (Fsp3) is 0.467. The Bertz CT molecular complexity index is 592. The average molecular weight is 293 g/mol. The van der Waals surface area contributed by atoms with Crippen LogP contribution in [0.3, 0.4) is 0 Å². The molecule has 0 radical (unpaired) electrons. The van der Waals surface area contributed by atoms with Crippen LogP contribution in [0.2, 0.25) is 5.02 Å². The Morgan fingerprint density at radius 2 is 2.10 bits per heavy atom. The zero-order chi connectivity index (χ0) is 14.3. The fourth-order valence-corrected chi connectivity index (χ4v) is 3.05. The summed E-state index contributed by atoms with van der Waals surface area (Å²) in [6, 6.07) is 5.69. The first-order chi connectivity index (χ1) is 9.52. The smallest absolute Gasteiger partial charge is 0.243 e. The number of hydrogen-bond acceptors (Lipinski definition) is 3. The fourth-order valence-electron chi connectivity index (χ4n) is 2.87. The van der Waals surface area contributed by atoms with Gasteiger partial charge in [-0.25, -0.2) is 0 Å². The minimum absolute atomic E-state index is 0.0832. The van der Waals surface area contributed by atoms with E-state index in [1.165, 1.54) is 11.9 Å². The van der Waals surface area contributed by atoms with Gasteiger partial charge >= 0.3 is 0 Å². The minimum Gasteiger partial charge on any atom is -0.447 e. The summed E-state index contributed by atoms with van der Waals surface area (Å²) in [7, 11) is 0. The van der Waals surface area contributed by atoms with Crippen molar-refractivity contribution < 1.29 is 9.53 Å². The number of carbonyl (C=O) groups excluding carboxylic acids is 1. The van der Waals surface area contributed by atoms with Gasteiger partial charge in [-0.15, -0.1) is 5.10 Å². The maximum atomic E-state index is 11.8. The van der Waals surface area contributed by atoms with E-state index in [1.54, 1.807) is 0 Å². The molecule has 0 aromatic heterocycles. The first-order valence-electron chi connectivity index (χ1n) is 6.87. The minimum atomic E-state index is -0.571. The van der Waals surface area contributed by atoms with Crippen LogP contribution in [0.15, 0.2) is 23.3 Å². The Morgan fingerprint density at radius 3 is 2.70 bits per heavy atom. The van der Waals surface area contributed by atoms with Crippen molar-refractivity contribution >= 4 is 23.4 Å². The van der Waals surface area contributed by atoms with Crippen LogP contribution < -0.4 is 0 Å². The summed E-state index contributed by atoms with van der Waals surface area (Å²) >= 11 is 6.15. The van der Waals surface area contributed by atoms with E-state index >= 15 is 0 Å². The summed E-state index contributed by atoms with van der Waals surface area (Å²) < 4.78 is 6.06. The number of hydrazone groups is 1. The van der Waals surface area contributed by atoms with E-state index in [0.717, 1.165) is 36.8 Å². The lowest BCUT2D eigenvalue weighted by atomic mass is 10.1. The van der Waals surface area contributed by atoms with Gasteiger partial charge in [0.2, 0.25) is 17.5 Å². The van der Waals surface area contributed by atoms with E-state index in [1.807, 2.05) is 25.1 Å². The number of ether oxygens (including phenoxy) is 1. The predicted molar refractivity (Wildman–Crippen MR) is 77.5 cm³/mol. The number of nitrogens with zero attached hydrogens (tertiary/aromatic N) is 2. The van der Waals surface area contributed by atoms with E-state index in [-0.39, 0.29) is 5.91 Å². The number of hydrogen-bond donors (Lipinski definition) is 0. The van der Waals surface area contributed by atoms with Crippen molar-refractivity contribution in [3.8, 4) is 0 Å². The molecular weight excluding hydrogens is 276 g/mol. The predicted octanol–water partition coefficient (Wildman–Crippen LogP) is 3.46. The summed E-state index contributed by atoms with van der Waals surface area (Å²) in [6.45, 7) is 3.47. The lowest BCUT2D eigenvalue weighted by Gasteiger charge is -2.29. The van der Waals surface area contributed by atoms with Crippen LogP contribution >= 0.6 is 11.6 Å². The summed E-state index contributed by atoms with van der Waals surface area (Å²) in [5.41, 5.74) is 1.25. The van der Waals surface area contributed by atoms with E-state index in [0.29, 0.717) is 10.9 Å². The van der Waals surface area contributed by atoms with E-state index < -0.39 is 5.72 Å². The molecule has 1 amide bonds. The molecule has 20 heavy (non-hydrogen) atoms. The average Bonchev–Trinajstić information content (AvgIpc) is 3.01. The summed E-state index contributed by atoms with van der Waals surface area (Å²) in [5, 5.41) is 6.56. The van der Waals surface area contributed by atoms with Gasteiger partial charge in [-0.3, -0.25) is 4.79 Å². The van der Waals surface area contributed by atoms with Gasteiger partial charge in [0.1, 0.15) is 0 Å². The van der Waals surface area contributed by atoms with Gasteiger partial charge in [-0.05, 0) is 37.5 Å². The van der Waals surface area contributed by atoms with E-state index in [9.17, 15) is 4.79 Å². The number of carbonyl (C=O) groups is 1. The van der Waals surface area contributed by atoms with Crippen molar-refractivity contribution in [2.45, 2.75) is 45.3 Å². The molecule has 2 aliphatic rings. The third-order valence-corrected chi connectivity index (χ3v) is 4.37.